The van der Waals surface area contributed by atoms with Gasteiger partial charge in [0.05, 0.1) is 19.3 Å². The van der Waals surface area contributed by atoms with Crippen LogP contribution in [-0.2, 0) is 9.47 Å². The number of rotatable bonds is 11. The van der Waals surface area contributed by atoms with Crippen LogP contribution in [0.1, 0.15) is 59.8 Å². The molecule has 0 amide bonds. The van der Waals surface area contributed by atoms with E-state index < -0.39 is 0 Å². The van der Waals surface area contributed by atoms with Gasteiger partial charge >= 0.3 is 0 Å². The van der Waals surface area contributed by atoms with E-state index in [1.807, 2.05) is 0 Å². The molecule has 0 aromatic rings. The van der Waals surface area contributed by atoms with Gasteiger partial charge in [0.25, 0.3) is 0 Å². The van der Waals surface area contributed by atoms with Gasteiger partial charge in [-0.15, -0.1) is 0 Å². The third-order valence-electron chi connectivity index (χ3n) is 4.74. The Morgan fingerprint density at radius 2 is 1.79 bits per heavy atom. The van der Waals surface area contributed by atoms with E-state index in [0.717, 1.165) is 39.2 Å². The second-order valence-electron chi connectivity index (χ2n) is 5.61. The minimum atomic E-state index is 0.347. The van der Waals surface area contributed by atoms with Gasteiger partial charge in [0, 0.05) is 18.1 Å². The van der Waals surface area contributed by atoms with Gasteiger partial charge in [-0.1, -0.05) is 34.1 Å². The number of hydrogen-bond donors (Lipinski definition) is 1. The maximum atomic E-state index is 6.07. The zero-order valence-electron chi connectivity index (χ0n) is 13.3. The van der Waals surface area contributed by atoms with Crippen molar-refractivity contribution in [2.24, 2.45) is 5.41 Å². The van der Waals surface area contributed by atoms with Gasteiger partial charge in [0.1, 0.15) is 0 Å². The zero-order chi connectivity index (χ0) is 14.1. The molecule has 1 N–H and O–H groups in total. The quantitative estimate of drug-likeness (QED) is 0.584. The zero-order valence-corrected chi connectivity index (χ0v) is 13.3. The second-order valence-corrected chi connectivity index (χ2v) is 5.61. The molecule has 1 aliphatic carbocycles. The van der Waals surface area contributed by atoms with Crippen molar-refractivity contribution in [1.29, 1.82) is 0 Å². The molecule has 3 nitrogen and oxygen atoms in total. The summed E-state index contributed by atoms with van der Waals surface area (Å²) in [5.41, 5.74) is 0.347. The highest BCUT2D eigenvalue weighted by molar-refractivity contribution is 5.06. The Kier molecular flexibility index (Phi) is 7.96. The lowest BCUT2D eigenvalue weighted by molar-refractivity contribution is -0.147. The molecule has 114 valence electrons. The Bertz CT molecular complexity index is 229. The number of hydrogen-bond acceptors (Lipinski definition) is 3. The van der Waals surface area contributed by atoms with Crippen molar-refractivity contribution < 1.29 is 9.47 Å². The number of ether oxygens (including phenoxy) is 2. The topological polar surface area (TPSA) is 30.5 Å². The van der Waals surface area contributed by atoms with Crippen LogP contribution in [0.5, 0.6) is 0 Å². The maximum absolute atomic E-state index is 6.07. The molecule has 2 unspecified atom stereocenters. The van der Waals surface area contributed by atoms with E-state index in [2.05, 4.69) is 33.0 Å². The van der Waals surface area contributed by atoms with Crippen LogP contribution in [0.25, 0.3) is 0 Å². The molecule has 1 rings (SSSR count). The van der Waals surface area contributed by atoms with E-state index in [4.69, 9.17) is 9.47 Å². The van der Waals surface area contributed by atoms with Crippen LogP contribution in [0.15, 0.2) is 0 Å². The standard InChI is InChI=1S/C16H33NO2/c1-5-9-10-18-11-12-19-15-13-14(17-8-4)16(15,6-2)7-3/h14-15,17H,5-13H2,1-4H3. The minimum Gasteiger partial charge on any atom is -0.379 e. The van der Waals surface area contributed by atoms with E-state index in [0.29, 0.717) is 17.6 Å². The van der Waals surface area contributed by atoms with Gasteiger partial charge in [0.2, 0.25) is 0 Å². The third-order valence-corrected chi connectivity index (χ3v) is 4.74. The Morgan fingerprint density at radius 1 is 1.05 bits per heavy atom. The molecule has 0 aromatic heterocycles. The van der Waals surface area contributed by atoms with Crippen LogP contribution in [0.3, 0.4) is 0 Å². The van der Waals surface area contributed by atoms with Crippen molar-refractivity contribution in [2.45, 2.75) is 71.9 Å². The van der Waals surface area contributed by atoms with E-state index in [1.54, 1.807) is 0 Å². The first-order valence-electron chi connectivity index (χ1n) is 8.17. The molecule has 0 spiro atoms. The van der Waals surface area contributed by atoms with Gasteiger partial charge < -0.3 is 14.8 Å². The summed E-state index contributed by atoms with van der Waals surface area (Å²) in [7, 11) is 0. The van der Waals surface area contributed by atoms with Crippen LogP contribution in [0.2, 0.25) is 0 Å². The average Bonchev–Trinajstić information content (AvgIpc) is 2.42. The molecule has 1 aliphatic rings. The summed E-state index contributed by atoms with van der Waals surface area (Å²) in [4.78, 5) is 0. The smallest absolute Gasteiger partial charge is 0.0704 e. The van der Waals surface area contributed by atoms with E-state index >= 15 is 0 Å². The van der Waals surface area contributed by atoms with Gasteiger partial charge in [0.15, 0.2) is 0 Å². The van der Waals surface area contributed by atoms with E-state index in [9.17, 15) is 0 Å². The lowest BCUT2D eigenvalue weighted by Crippen LogP contribution is -2.63. The summed E-state index contributed by atoms with van der Waals surface area (Å²) >= 11 is 0. The van der Waals surface area contributed by atoms with E-state index in [1.165, 1.54) is 19.3 Å². The van der Waals surface area contributed by atoms with Crippen LogP contribution >= 0.6 is 0 Å². The SMILES string of the molecule is CCCCOCCOC1CC(NCC)C1(CC)CC. The van der Waals surface area contributed by atoms with Gasteiger partial charge in [-0.3, -0.25) is 0 Å². The fourth-order valence-corrected chi connectivity index (χ4v) is 3.31. The first-order chi connectivity index (χ1) is 9.25. The molecule has 0 heterocycles. The van der Waals surface area contributed by atoms with Gasteiger partial charge in [-0.25, -0.2) is 0 Å². The van der Waals surface area contributed by atoms with Crippen LogP contribution in [0, 0.1) is 5.41 Å². The normalized spacial score (nSPS) is 25.3. The lowest BCUT2D eigenvalue weighted by Gasteiger charge is -2.55. The highest BCUT2D eigenvalue weighted by Gasteiger charge is 2.52. The molecular formula is C16H33NO2. The first-order valence-corrected chi connectivity index (χ1v) is 8.17. The Balaban J connectivity index is 2.26. The third kappa shape index (κ3) is 4.17. The summed E-state index contributed by atoms with van der Waals surface area (Å²) < 4.78 is 11.6. The Morgan fingerprint density at radius 3 is 2.37 bits per heavy atom. The largest absolute Gasteiger partial charge is 0.379 e. The predicted octanol–water partition coefficient (Wildman–Crippen LogP) is 3.38. The summed E-state index contributed by atoms with van der Waals surface area (Å²) in [5.74, 6) is 0. The highest BCUT2D eigenvalue weighted by atomic mass is 16.5. The highest BCUT2D eigenvalue weighted by Crippen LogP contribution is 2.48. The molecule has 0 radical (unpaired) electrons. The molecular weight excluding hydrogens is 238 g/mol. The van der Waals surface area contributed by atoms with E-state index in [-0.39, 0.29) is 0 Å². The molecule has 1 saturated carbocycles. The van der Waals surface area contributed by atoms with Crippen molar-refractivity contribution in [3.05, 3.63) is 0 Å². The fraction of sp³-hybridized carbons (Fsp3) is 1.00. The summed E-state index contributed by atoms with van der Waals surface area (Å²) in [5, 5.41) is 3.61. The molecule has 1 fully saturated rings. The molecule has 0 saturated heterocycles. The molecule has 3 heteroatoms. The van der Waals surface area contributed by atoms with Crippen molar-refractivity contribution >= 4 is 0 Å². The molecule has 0 aromatic carbocycles. The summed E-state index contributed by atoms with van der Waals surface area (Å²) in [6.45, 7) is 12.4. The first kappa shape index (κ1) is 16.9. The minimum absolute atomic E-state index is 0.347. The van der Waals surface area contributed by atoms with Crippen molar-refractivity contribution in [3.63, 3.8) is 0 Å². The second kappa shape index (κ2) is 8.93. The van der Waals surface area contributed by atoms with Gasteiger partial charge in [-0.2, -0.15) is 0 Å². The predicted molar refractivity (Wildman–Crippen MR) is 80.6 cm³/mol. The molecule has 0 aliphatic heterocycles. The van der Waals surface area contributed by atoms with Crippen molar-refractivity contribution in [2.75, 3.05) is 26.4 Å². The molecule has 19 heavy (non-hydrogen) atoms. The van der Waals surface area contributed by atoms with Crippen molar-refractivity contribution in [1.82, 2.24) is 5.32 Å². The van der Waals surface area contributed by atoms with Crippen LogP contribution in [0.4, 0.5) is 0 Å². The van der Waals surface area contributed by atoms with Crippen molar-refractivity contribution in [3.8, 4) is 0 Å². The summed E-state index contributed by atoms with van der Waals surface area (Å²) in [6.07, 6.45) is 6.32. The Labute approximate surface area is 119 Å². The van der Waals surface area contributed by atoms with Crippen LogP contribution < -0.4 is 5.32 Å². The monoisotopic (exact) mass is 271 g/mol. The lowest BCUT2D eigenvalue weighted by atomic mass is 9.58. The number of unbranched alkanes of at least 4 members (excludes halogenated alkanes) is 1. The molecule has 0 bridgehead atoms. The fourth-order valence-electron chi connectivity index (χ4n) is 3.31. The number of nitrogens with one attached hydrogen (secondary N) is 1. The maximum Gasteiger partial charge on any atom is 0.0704 e. The molecule has 2 atom stereocenters. The Hall–Kier alpha value is -0.120. The van der Waals surface area contributed by atoms with Crippen LogP contribution in [-0.4, -0.2) is 38.5 Å². The average molecular weight is 271 g/mol. The van der Waals surface area contributed by atoms with Gasteiger partial charge in [-0.05, 0) is 32.2 Å². The summed E-state index contributed by atoms with van der Waals surface area (Å²) in [6, 6.07) is 0.638.